The van der Waals surface area contributed by atoms with E-state index in [1.54, 1.807) is 30.5 Å². The van der Waals surface area contributed by atoms with Crippen LogP contribution in [0.25, 0.3) is 17.4 Å². The smallest absolute Gasteiger partial charge is 0.257 e. The molecular weight excluding hydrogens is 509 g/mol. The molecular formula is C22H18IN5O3. The van der Waals surface area contributed by atoms with Crippen LogP contribution in [0, 0.1) is 3.57 Å². The molecule has 4 aromatic rings. The molecule has 0 spiro atoms. The number of rotatable bonds is 4. The van der Waals surface area contributed by atoms with Crippen molar-refractivity contribution in [2.75, 3.05) is 5.32 Å². The number of halogens is 1. The molecule has 0 saturated carbocycles. The van der Waals surface area contributed by atoms with E-state index in [2.05, 4.69) is 43.0 Å². The molecule has 0 unspecified atom stereocenters. The van der Waals surface area contributed by atoms with Crippen LogP contribution in [0.2, 0.25) is 0 Å². The normalized spacial score (nSPS) is 13.1. The van der Waals surface area contributed by atoms with Crippen LogP contribution in [0.4, 0.5) is 5.82 Å². The molecule has 1 amide bonds. The number of nitrogens with zero attached hydrogens (tertiary/aromatic N) is 3. The molecule has 1 aliphatic rings. The van der Waals surface area contributed by atoms with Crippen molar-refractivity contribution in [3.8, 4) is 17.4 Å². The molecule has 0 radical (unpaired) electrons. The van der Waals surface area contributed by atoms with Crippen LogP contribution in [0.5, 0.6) is 0 Å². The molecule has 0 saturated heterocycles. The van der Waals surface area contributed by atoms with Crippen LogP contribution in [0.3, 0.4) is 0 Å². The number of hydrogen-bond acceptors (Lipinski definition) is 5. The number of carbonyl (C=O) groups is 1. The van der Waals surface area contributed by atoms with Crippen LogP contribution < -0.4 is 10.9 Å². The summed E-state index contributed by atoms with van der Waals surface area (Å²) in [6.45, 7) is 0. The van der Waals surface area contributed by atoms with Gasteiger partial charge in [0.1, 0.15) is 11.5 Å². The topological polar surface area (TPSA) is 106 Å². The molecule has 0 fully saturated rings. The first-order chi connectivity index (χ1) is 15.1. The highest BCUT2D eigenvalue weighted by atomic mass is 127. The van der Waals surface area contributed by atoms with Crippen LogP contribution in [0.15, 0.2) is 57.9 Å². The summed E-state index contributed by atoms with van der Waals surface area (Å²) in [6, 6.07) is 12.5. The van der Waals surface area contributed by atoms with E-state index in [9.17, 15) is 9.59 Å². The summed E-state index contributed by atoms with van der Waals surface area (Å²) in [6.07, 6.45) is 5.01. The third-order valence-corrected chi connectivity index (χ3v) is 6.16. The van der Waals surface area contributed by atoms with E-state index in [1.807, 2.05) is 18.2 Å². The molecule has 156 valence electrons. The number of aryl methyl sites for hydroxylation is 1. The molecule has 1 aromatic carbocycles. The van der Waals surface area contributed by atoms with Crippen molar-refractivity contribution in [3.05, 3.63) is 79.5 Å². The molecule has 1 aliphatic carbocycles. The number of fused-ring (bicyclic) bond motifs is 1. The number of furan rings is 1. The van der Waals surface area contributed by atoms with Crippen molar-refractivity contribution in [3.63, 3.8) is 0 Å². The van der Waals surface area contributed by atoms with Gasteiger partial charge >= 0.3 is 0 Å². The number of nitrogens with one attached hydrogen (secondary N) is 2. The zero-order valence-corrected chi connectivity index (χ0v) is 18.5. The molecule has 5 rings (SSSR count). The quantitative estimate of drug-likeness (QED) is 0.391. The number of aromatic nitrogens is 4. The van der Waals surface area contributed by atoms with Gasteiger partial charge in [0.25, 0.3) is 11.5 Å². The van der Waals surface area contributed by atoms with E-state index in [0.29, 0.717) is 22.8 Å². The third kappa shape index (κ3) is 3.80. The van der Waals surface area contributed by atoms with Crippen molar-refractivity contribution in [2.45, 2.75) is 25.7 Å². The van der Waals surface area contributed by atoms with Gasteiger partial charge in [-0.1, -0.05) is 12.1 Å². The Balaban J connectivity index is 1.60. The highest BCUT2D eigenvalue weighted by molar-refractivity contribution is 14.1. The maximum absolute atomic E-state index is 12.9. The summed E-state index contributed by atoms with van der Waals surface area (Å²) in [7, 11) is 0. The number of H-pyrrole nitrogens is 1. The van der Waals surface area contributed by atoms with Crippen LogP contribution in [-0.4, -0.2) is 25.7 Å². The van der Waals surface area contributed by atoms with Gasteiger partial charge in [0.15, 0.2) is 5.76 Å². The van der Waals surface area contributed by atoms with Crippen LogP contribution in [0.1, 0.15) is 34.5 Å². The highest BCUT2D eigenvalue weighted by Gasteiger charge is 2.21. The Morgan fingerprint density at radius 3 is 2.81 bits per heavy atom. The van der Waals surface area contributed by atoms with Crippen molar-refractivity contribution >= 4 is 34.3 Å². The molecule has 31 heavy (non-hydrogen) atoms. The Morgan fingerprint density at radius 2 is 2.00 bits per heavy atom. The number of amides is 1. The fourth-order valence-electron chi connectivity index (χ4n) is 3.70. The van der Waals surface area contributed by atoms with Gasteiger partial charge < -0.3 is 9.73 Å². The van der Waals surface area contributed by atoms with Crippen molar-refractivity contribution in [2.24, 2.45) is 0 Å². The van der Waals surface area contributed by atoms with Gasteiger partial charge in [-0.05, 0) is 72.5 Å². The molecule has 0 atom stereocenters. The molecule has 3 heterocycles. The van der Waals surface area contributed by atoms with E-state index in [-0.39, 0.29) is 17.4 Å². The minimum Gasteiger partial charge on any atom is -0.463 e. The van der Waals surface area contributed by atoms with Crippen molar-refractivity contribution < 1.29 is 9.21 Å². The predicted molar refractivity (Wildman–Crippen MR) is 123 cm³/mol. The fraction of sp³-hybridized carbons (Fsp3) is 0.182. The van der Waals surface area contributed by atoms with Gasteiger partial charge in [0.05, 0.1) is 17.5 Å². The van der Waals surface area contributed by atoms with E-state index in [0.717, 1.165) is 40.5 Å². The largest absolute Gasteiger partial charge is 0.463 e. The van der Waals surface area contributed by atoms with Gasteiger partial charge in [-0.2, -0.15) is 9.78 Å². The first-order valence-corrected chi connectivity index (χ1v) is 11.0. The van der Waals surface area contributed by atoms with Gasteiger partial charge in [0, 0.05) is 15.2 Å². The zero-order chi connectivity index (χ0) is 21.4. The zero-order valence-electron chi connectivity index (χ0n) is 16.4. The van der Waals surface area contributed by atoms with Gasteiger partial charge in [-0.15, -0.1) is 0 Å². The summed E-state index contributed by atoms with van der Waals surface area (Å²) in [5.41, 5.74) is 2.42. The second kappa shape index (κ2) is 8.14. The first-order valence-electron chi connectivity index (χ1n) is 9.92. The van der Waals surface area contributed by atoms with Crippen molar-refractivity contribution in [1.82, 2.24) is 19.7 Å². The summed E-state index contributed by atoms with van der Waals surface area (Å²) < 4.78 is 7.74. The van der Waals surface area contributed by atoms with E-state index < -0.39 is 0 Å². The maximum Gasteiger partial charge on any atom is 0.257 e. The molecule has 0 bridgehead atoms. The first kappa shape index (κ1) is 19.7. The number of anilines is 1. The highest BCUT2D eigenvalue weighted by Crippen LogP contribution is 2.25. The minimum absolute atomic E-state index is 0.162. The molecule has 2 N–H and O–H groups in total. The van der Waals surface area contributed by atoms with Crippen LogP contribution in [-0.2, 0) is 12.8 Å². The number of carbonyl (C=O) groups excluding carboxylic acids is 1. The lowest BCUT2D eigenvalue weighted by molar-refractivity contribution is 0.102. The molecule has 8 nitrogen and oxygen atoms in total. The Morgan fingerprint density at radius 1 is 1.16 bits per heavy atom. The lowest BCUT2D eigenvalue weighted by atomic mass is 9.97. The summed E-state index contributed by atoms with van der Waals surface area (Å²) >= 11 is 2.12. The molecule has 3 aromatic heterocycles. The second-order valence-corrected chi connectivity index (χ2v) is 8.42. The average molecular weight is 527 g/mol. The average Bonchev–Trinajstić information content (AvgIpc) is 3.44. The third-order valence-electron chi connectivity index (χ3n) is 5.22. The summed E-state index contributed by atoms with van der Waals surface area (Å²) in [5.74, 6) is 0.915. The number of hydrogen-bond donors (Lipinski definition) is 2. The lowest BCUT2D eigenvalue weighted by Crippen LogP contribution is -2.25. The van der Waals surface area contributed by atoms with E-state index in [4.69, 9.17) is 4.42 Å². The molecule has 0 aliphatic heterocycles. The van der Waals surface area contributed by atoms with E-state index >= 15 is 0 Å². The lowest BCUT2D eigenvalue weighted by Gasteiger charge is -2.15. The van der Waals surface area contributed by atoms with Crippen molar-refractivity contribution in [1.29, 1.82) is 0 Å². The van der Waals surface area contributed by atoms with Gasteiger partial charge in [0.2, 0.25) is 5.95 Å². The predicted octanol–water partition coefficient (Wildman–Crippen LogP) is 3.95. The number of benzene rings is 1. The molecule has 9 heteroatoms. The minimum atomic E-state index is -0.280. The maximum atomic E-state index is 12.9. The monoisotopic (exact) mass is 527 g/mol. The second-order valence-electron chi connectivity index (χ2n) is 7.26. The van der Waals surface area contributed by atoms with Crippen LogP contribution >= 0.6 is 22.6 Å². The number of aromatic amines is 1. The SMILES string of the molecule is O=C(Nc1cc(-c2ccco2)nn1-c1nc2c(c(=O)[nH]1)CCCC2)c1ccccc1I. The Bertz CT molecular complexity index is 1320. The summed E-state index contributed by atoms with van der Waals surface area (Å²) in [5, 5.41) is 7.46. The van der Waals surface area contributed by atoms with E-state index in [1.165, 1.54) is 4.68 Å². The summed E-state index contributed by atoms with van der Waals surface area (Å²) in [4.78, 5) is 33.1. The standard InChI is InChI=1S/C22H18IN5O3/c23-15-8-3-1-6-13(15)20(29)25-19-12-17(18-10-5-11-31-18)27-28(19)22-24-16-9-4-2-7-14(16)21(30)26-22/h1,3,5-6,8,10-12H,2,4,7,9H2,(H,25,29)(H,24,26,30). The van der Waals surface area contributed by atoms with Gasteiger partial charge in [-0.3, -0.25) is 14.6 Å². The Labute approximate surface area is 190 Å². The Hall–Kier alpha value is -3.21. The fourth-order valence-corrected chi connectivity index (χ4v) is 4.33. The van der Waals surface area contributed by atoms with Gasteiger partial charge in [-0.25, -0.2) is 4.98 Å². The Kier molecular flexibility index (Phi) is 5.18.